The van der Waals surface area contributed by atoms with Crippen LogP contribution in [0.5, 0.6) is 0 Å². The molecule has 1 amide bonds. The van der Waals surface area contributed by atoms with E-state index >= 15 is 0 Å². The second-order valence-electron chi connectivity index (χ2n) is 4.34. The second kappa shape index (κ2) is 7.54. The van der Waals surface area contributed by atoms with E-state index in [0.29, 0.717) is 32.7 Å². The van der Waals surface area contributed by atoms with Gasteiger partial charge in [0.25, 0.3) is 0 Å². The third-order valence-electron chi connectivity index (χ3n) is 2.82. The lowest BCUT2D eigenvalue weighted by Gasteiger charge is -2.21. The van der Waals surface area contributed by atoms with Crippen molar-refractivity contribution in [3.63, 3.8) is 0 Å². The molecule has 5 nitrogen and oxygen atoms in total. The van der Waals surface area contributed by atoms with Gasteiger partial charge < -0.3 is 14.4 Å². The first-order chi connectivity index (χ1) is 8.92. The molecule has 0 atom stereocenters. The van der Waals surface area contributed by atoms with E-state index in [2.05, 4.69) is 9.64 Å². The van der Waals surface area contributed by atoms with E-state index in [0.717, 1.165) is 13.1 Å². The Bertz CT molecular complexity index is 287. The van der Waals surface area contributed by atoms with Crippen molar-refractivity contribution in [2.45, 2.75) is 12.6 Å². The fourth-order valence-electron chi connectivity index (χ4n) is 1.83. The quantitative estimate of drug-likeness (QED) is 0.781. The van der Waals surface area contributed by atoms with E-state index in [-0.39, 0.29) is 0 Å². The zero-order valence-electron chi connectivity index (χ0n) is 10.9. The maximum atomic E-state index is 11.9. The molecule has 1 heterocycles. The van der Waals surface area contributed by atoms with Crippen LogP contribution in [0.25, 0.3) is 0 Å². The van der Waals surface area contributed by atoms with Gasteiger partial charge in [-0.05, 0) is 13.0 Å². The first kappa shape index (κ1) is 16.0. The highest BCUT2D eigenvalue weighted by Gasteiger charge is 2.31. The van der Waals surface area contributed by atoms with Crippen LogP contribution in [0.15, 0.2) is 0 Å². The summed E-state index contributed by atoms with van der Waals surface area (Å²) < 4.78 is 45.0. The smallest absolute Gasteiger partial charge is 0.422 e. The minimum Gasteiger partial charge on any atom is -0.440 e. The molecule has 0 aromatic carbocycles. The lowest BCUT2D eigenvalue weighted by atomic mass is 10.4. The van der Waals surface area contributed by atoms with Crippen molar-refractivity contribution < 1.29 is 27.4 Å². The van der Waals surface area contributed by atoms with Gasteiger partial charge in [0.1, 0.15) is 0 Å². The molecule has 8 heteroatoms. The van der Waals surface area contributed by atoms with Crippen molar-refractivity contribution in [2.75, 3.05) is 53.0 Å². The summed E-state index contributed by atoms with van der Waals surface area (Å²) in [6.07, 6.45) is -4.66. The summed E-state index contributed by atoms with van der Waals surface area (Å²) in [5.74, 6) is 0. The van der Waals surface area contributed by atoms with Crippen LogP contribution in [0.2, 0.25) is 0 Å². The van der Waals surface area contributed by atoms with E-state index in [1.54, 1.807) is 7.11 Å². The van der Waals surface area contributed by atoms with Gasteiger partial charge in [0.15, 0.2) is 6.61 Å². The number of amides is 1. The summed E-state index contributed by atoms with van der Waals surface area (Å²) >= 11 is 0. The minimum absolute atomic E-state index is 0.375. The molecule has 0 aliphatic carbocycles. The summed E-state index contributed by atoms with van der Waals surface area (Å²) in [5, 5.41) is 0. The molecule has 112 valence electrons. The maximum absolute atomic E-state index is 11.9. The molecule has 0 unspecified atom stereocenters. The molecular formula is C11H19F3N2O3. The van der Waals surface area contributed by atoms with Crippen LogP contribution >= 0.6 is 0 Å². The van der Waals surface area contributed by atoms with Crippen molar-refractivity contribution in [2.24, 2.45) is 0 Å². The monoisotopic (exact) mass is 284 g/mol. The van der Waals surface area contributed by atoms with Crippen LogP contribution in [0.1, 0.15) is 6.42 Å². The molecule has 0 radical (unpaired) electrons. The van der Waals surface area contributed by atoms with Crippen LogP contribution < -0.4 is 0 Å². The molecule has 0 spiro atoms. The fourth-order valence-corrected chi connectivity index (χ4v) is 1.83. The minimum atomic E-state index is -4.48. The predicted octanol–water partition coefficient (Wildman–Crippen LogP) is 1.34. The Morgan fingerprint density at radius 2 is 1.95 bits per heavy atom. The van der Waals surface area contributed by atoms with Gasteiger partial charge in [-0.25, -0.2) is 4.79 Å². The maximum Gasteiger partial charge on any atom is 0.422 e. The average molecular weight is 284 g/mol. The third-order valence-corrected chi connectivity index (χ3v) is 2.82. The number of rotatable bonds is 4. The molecule has 0 aromatic rings. The number of alkyl halides is 3. The largest absolute Gasteiger partial charge is 0.440 e. The first-order valence-electron chi connectivity index (χ1n) is 6.12. The molecule has 19 heavy (non-hydrogen) atoms. The molecule has 1 aliphatic rings. The van der Waals surface area contributed by atoms with Crippen LogP contribution in [0.3, 0.4) is 0 Å². The second-order valence-corrected chi connectivity index (χ2v) is 4.34. The normalized spacial score (nSPS) is 18.2. The van der Waals surface area contributed by atoms with Crippen molar-refractivity contribution in [3.05, 3.63) is 0 Å². The average Bonchev–Trinajstić information content (AvgIpc) is 2.58. The number of hydrogen-bond acceptors (Lipinski definition) is 4. The standard InChI is InChI=1S/C11H19F3N2O3/c1-18-8-7-15-3-2-4-16(6-5-15)10(17)19-9-11(12,13)14/h2-9H2,1H3. The topological polar surface area (TPSA) is 42.0 Å². The number of methoxy groups -OCH3 is 1. The van der Waals surface area contributed by atoms with E-state index < -0.39 is 18.9 Å². The number of carbonyl (C=O) groups is 1. The zero-order chi connectivity index (χ0) is 14.3. The lowest BCUT2D eigenvalue weighted by molar-refractivity contribution is -0.162. The summed E-state index contributed by atoms with van der Waals surface area (Å²) in [7, 11) is 1.61. The van der Waals surface area contributed by atoms with Crippen LogP contribution in [0, 0.1) is 0 Å². The molecule has 1 saturated heterocycles. The van der Waals surface area contributed by atoms with Gasteiger partial charge in [-0.15, -0.1) is 0 Å². The summed E-state index contributed by atoms with van der Waals surface area (Å²) in [5.41, 5.74) is 0. The molecule has 0 saturated carbocycles. The van der Waals surface area contributed by atoms with E-state index in [4.69, 9.17) is 4.74 Å². The van der Waals surface area contributed by atoms with Crippen LogP contribution in [-0.2, 0) is 9.47 Å². The Morgan fingerprint density at radius 3 is 2.58 bits per heavy atom. The van der Waals surface area contributed by atoms with Gasteiger partial charge in [-0.2, -0.15) is 13.2 Å². The Hall–Kier alpha value is -1.02. The summed E-state index contributed by atoms with van der Waals surface area (Å²) in [6, 6.07) is 0. The van der Waals surface area contributed by atoms with Crippen molar-refractivity contribution in [1.29, 1.82) is 0 Å². The number of carbonyl (C=O) groups excluding carboxylic acids is 1. The van der Waals surface area contributed by atoms with Gasteiger partial charge in [0.2, 0.25) is 0 Å². The fraction of sp³-hybridized carbons (Fsp3) is 0.909. The SMILES string of the molecule is COCCN1CCCN(C(=O)OCC(F)(F)F)CC1. The number of hydrogen-bond donors (Lipinski definition) is 0. The number of ether oxygens (including phenoxy) is 2. The molecular weight excluding hydrogens is 265 g/mol. The van der Waals surface area contributed by atoms with E-state index in [1.165, 1.54) is 4.90 Å². The number of halogens is 3. The summed E-state index contributed by atoms with van der Waals surface area (Å²) in [6.45, 7) is 2.02. The van der Waals surface area contributed by atoms with Gasteiger partial charge in [0.05, 0.1) is 6.61 Å². The predicted molar refractivity (Wildman–Crippen MR) is 61.9 cm³/mol. The van der Waals surface area contributed by atoms with Gasteiger partial charge in [-0.3, -0.25) is 4.90 Å². The van der Waals surface area contributed by atoms with Gasteiger partial charge >= 0.3 is 12.3 Å². The Kier molecular flexibility index (Phi) is 6.36. The summed E-state index contributed by atoms with van der Waals surface area (Å²) in [4.78, 5) is 14.9. The van der Waals surface area contributed by atoms with E-state index in [9.17, 15) is 18.0 Å². The lowest BCUT2D eigenvalue weighted by Crippen LogP contribution is -2.37. The Morgan fingerprint density at radius 1 is 1.21 bits per heavy atom. The van der Waals surface area contributed by atoms with Gasteiger partial charge in [-0.1, -0.05) is 0 Å². The Labute approximate surface area is 110 Å². The molecule has 1 fully saturated rings. The van der Waals surface area contributed by atoms with Crippen molar-refractivity contribution in [3.8, 4) is 0 Å². The molecule has 0 aromatic heterocycles. The van der Waals surface area contributed by atoms with Gasteiger partial charge in [0, 0.05) is 33.3 Å². The van der Waals surface area contributed by atoms with Crippen LogP contribution in [0.4, 0.5) is 18.0 Å². The number of nitrogens with zero attached hydrogens (tertiary/aromatic N) is 2. The highest BCUT2D eigenvalue weighted by atomic mass is 19.4. The van der Waals surface area contributed by atoms with Crippen molar-refractivity contribution >= 4 is 6.09 Å². The molecule has 1 aliphatic heterocycles. The van der Waals surface area contributed by atoms with Crippen LogP contribution in [-0.4, -0.2) is 75.1 Å². The molecule has 0 bridgehead atoms. The zero-order valence-corrected chi connectivity index (χ0v) is 10.9. The highest BCUT2D eigenvalue weighted by Crippen LogP contribution is 2.15. The third kappa shape index (κ3) is 6.63. The molecule has 1 rings (SSSR count). The molecule has 0 N–H and O–H groups in total. The van der Waals surface area contributed by atoms with Crippen molar-refractivity contribution in [1.82, 2.24) is 9.80 Å². The van der Waals surface area contributed by atoms with E-state index in [1.807, 2.05) is 0 Å². The Balaban J connectivity index is 2.33. The first-order valence-corrected chi connectivity index (χ1v) is 6.12. The highest BCUT2D eigenvalue weighted by molar-refractivity contribution is 5.67.